The van der Waals surface area contributed by atoms with Gasteiger partial charge in [-0.2, -0.15) is 0 Å². The van der Waals surface area contributed by atoms with Gasteiger partial charge in [-0.15, -0.1) is 12.4 Å². The summed E-state index contributed by atoms with van der Waals surface area (Å²) in [5.41, 5.74) is 1.17. The maximum Gasteiger partial charge on any atom is 0.251 e. The van der Waals surface area contributed by atoms with Gasteiger partial charge in [0.05, 0.1) is 24.3 Å². The zero-order valence-electron chi connectivity index (χ0n) is 16.2. The van der Waals surface area contributed by atoms with E-state index >= 15 is 0 Å². The van der Waals surface area contributed by atoms with Crippen molar-refractivity contribution in [2.24, 2.45) is 5.92 Å². The summed E-state index contributed by atoms with van der Waals surface area (Å²) in [7, 11) is 0. The van der Waals surface area contributed by atoms with Gasteiger partial charge in [-0.05, 0) is 29.8 Å². The quantitative estimate of drug-likeness (QED) is 0.625. The van der Waals surface area contributed by atoms with Gasteiger partial charge in [-0.25, -0.2) is 4.39 Å². The van der Waals surface area contributed by atoms with Gasteiger partial charge in [0, 0.05) is 31.1 Å². The third-order valence-corrected chi connectivity index (χ3v) is 5.00. The Hall–Kier alpha value is -2.19. The van der Waals surface area contributed by atoms with E-state index in [1.54, 1.807) is 30.3 Å². The number of benzene rings is 2. The molecule has 162 valence electrons. The second kappa shape index (κ2) is 11.9. The first-order valence-corrected chi connectivity index (χ1v) is 9.79. The smallest absolute Gasteiger partial charge is 0.251 e. The lowest BCUT2D eigenvalue weighted by Crippen LogP contribution is -2.41. The molecule has 0 aromatic heterocycles. The molecule has 2 atom stereocenters. The SMILES string of the molecule is Cl.O=C(CNC(=O)c1ccccc1)NC[C@@H]1CNCCO[C@H]1c1ccc(Cl)c(F)c1. The number of halogens is 3. The highest BCUT2D eigenvalue weighted by Gasteiger charge is 2.27. The number of amides is 2. The van der Waals surface area contributed by atoms with Crippen LogP contribution in [0.5, 0.6) is 0 Å². The van der Waals surface area contributed by atoms with Crippen LogP contribution in [0.15, 0.2) is 48.5 Å². The summed E-state index contributed by atoms with van der Waals surface area (Å²) < 4.78 is 19.8. The van der Waals surface area contributed by atoms with E-state index in [0.29, 0.717) is 37.4 Å². The molecule has 0 saturated carbocycles. The summed E-state index contributed by atoms with van der Waals surface area (Å²) in [6, 6.07) is 13.3. The van der Waals surface area contributed by atoms with Gasteiger partial charge in [0.2, 0.25) is 5.91 Å². The Labute approximate surface area is 185 Å². The number of rotatable bonds is 6. The van der Waals surface area contributed by atoms with Gasteiger partial charge in [0.1, 0.15) is 5.82 Å². The Kier molecular flexibility index (Phi) is 9.52. The molecular formula is C21H24Cl2FN3O3. The lowest BCUT2D eigenvalue weighted by molar-refractivity contribution is -0.120. The van der Waals surface area contributed by atoms with Crippen molar-refractivity contribution in [3.63, 3.8) is 0 Å². The van der Waals surface area contributed by atoms with Crippen molar-refractivity contribution in [3.8, 4) is 0 Å². The molecule has 3 rings (SSSR count). The lowest BCUT2D eigenvalue weighted by atomic mass is 9.95. The summed E-state index contributed by atoms with van der Waals surface area (Å²) in [4.78, 5) is 24.2. The van der Waals surface area contributed by atoms with Crippen LogP contribution >= 0.6 is 24.0 Å². The molecule has 0 bridgehead atoms. The first-order valence-electron chi connectivity index (χ1n) is 9.42. The Balaban J connectivity index is 0.00000320. The normalized spacial score (nSPS) is 18.6. The third kappa shape index (κ3) is 6.67. The van der Waals surface area contributed by atoms with Crippen molar-refractivity contribution in [1.29, 1.82) is 0 Å². The third-order valence-electron chi connectivity index (χ3n) is 4.69. The average molecular weight is 456 g/mol. The van der Waals surface area contributed by atoms with Gasteiger partial charge >= 0.3 is 0 Å². The summed E-state index contributed by atoms with van der Waals surface area (Å²) in [5, 5.41) is 8.72. The zero-order valence-corrected chi connectivity index (χ0v) is 17.8. The summed E-state index contributed by atoms with van der Waals surface area (Å²) in [6.45, 7) is 1.94. The van der Waals surface area contributed by atoms with Crippen molar-refractivity contribution in [3.05, 3.63) is 70.5 Å². The van der Waals surface area contributed by atoms with Crippen LogP contribution in [-0.4, -0.2) is 44.6 Å². The predicted molar refractivity (Wildman–Crippen MR) is 115 cm³/mol. The van der Waals surface area contributed by atoms with E-state index in [2.05, 4.69) is 16.0 Å². The van der Waals surface area contributed by atoms with Gasteiger partial charge in [-0.1, -0.05) is 35.9 Å². The Morgan fingerprint density at radius 1 is 1.17 bits per heavy atom. The predicted octanol–water partition coefficient (Wildman–Crippen LogP) is 2.72. The molecule has 0 unspecified atom stereocenters. The Morgan fingerprint density at radius 2 is 1.93 bits per heavy atom. The van der Waals surface area contributed by atoms with E-state index in [9.17, 15) is 14.0 Å². The number of ether oxygens (including phenoxy) is 1. The van der Waals surface area contributed by atoms with Crippen LogP contribution in [0.3, 0.4) is 0 Å². The molecule has 3 N–H and O–H groups in total. The molecule has 1 aliphatic rings. The van der Waals surface area contributed by atoms with E-state index in [-0.39, 0.29) is 47.8 Å². The van der Waals surface area contributed by atoms with Crippen molar-refractivity contribution < 1.29 is 18.7 Å². The first kappa shape index (κ1) is 24.1. The minimum atomic E-state index is -0.503. The fraction of sp³-hybridized carbons (Fsp3) is 0.333. The maximum absolute atomic E-state index is 13.9. The van der Waals surface area contributed by atoms with E-state index < -0.39 is 5.82 Å². The number of nitrogens with one attached hydrogen (secondary N) is 3. The number of carbonyl (C=O) groups is 2. The molecule has 0 aliphatic carbocycles. The molecular weight excluding hydrogens is 432 g/mol. The Bertz CT molecular complexity index is 855. The standard InChI is InChI=1S/C21H23ClFN3O3.ClH/c22-17-7-6-15(10-18(17)23)20-16(11-24-8-9-29-20)12-25-19(27)13-26-21(28)14-4-2-1-3-5-14;/h1-7,10,16,20,24H,8-9,11-13H2,(H,25,27)(H,26,28);1H/t16-,20-;/m0./s1. The summed E-state index contributed by atoms with van der Waals surface area (Å²) in [5.74, 6) is -1.22. The molecule has 1 heterocycles. The van der Waals surface area contributed by atoms with Crippen molar-refractivity contribution >= 4 is 35.8 Å². The Morgan fingerprint density at radius 3 is 2.67 bits per heavy atom. The highest BCUT2D eigenvalue weighted by Crippen LogP contribution is 2.29. The highest BCUT2D eigenvalue weighted by atomic mass is 35.5. The number of carbonyl (C=O) groups excluding carboxylic acids is 2. The van der Waals surface area contributed by atoms with Crippen LogP contribution in [0, 0.1) is 11.7 Å². The van der Waals surface area contributed by atoms with E-state index in [0.717, 1.165) is 0 Å². The topological polar surface area (TPSA) is 79.5 Å². The van der Waals surface area contributed by atoms with Crippen LogP contribution in [0.1, 0.15) is 22.0 Å². The maximum atomic E-state index is 13.9. The van der Waals surface area contributed by atoms with Crippen LogP contribution < -0.4 is 16.0 Å². The largest absolute Gasteiger partial charge is 0.372 e. The van der Waals surface area contributed by atoms with Crippen molar-refractivity contribution in [1.82, 2.24) is 16.0 Å². The molecule has 0 radical (unpaired) electrons. The molecule has 1 fully saturated rings. The van der Waals surface area contributed by atoms with E-state index in [1.807, 2.05) is 6.07 Å². The number of hydrogen-bond acceptors (Lipinski definition) is 4. The van der Waals surface area contributed by atoms with E-state index in [4.69, 9.17) is 16.3 Å². The van der Waals surface area contributed by atoms with Crippen LogP contribution in [0.4, 0.5) is 4.39 Å². The second-order valence-electron chi connectivity index (χ2n) is 6.78. The van der Waals surface area contributed by atoms with Gasteiger partial charge in [0.25, 0.3) is 5.91 Å². The van der Waals surface area contributed by atoms with E-state index in [1.165, 1.54) is 12.1 Å². The summed E-state index contributed by atoms with van der Waals surface area (Å²) >= 11 is 5.78. The molecule has 9 heteroatoms. The summed E-state index contributed by atoms with van der Waals surface area (Å²) in [6.07, 6.45) is -0.379. The van der Waals surface area contributed by atoms with Crippen molar-refractivity contribution in [2.75, 3.05) is 32.8 Å². The van der Waals surface area contributed by atoms with Crippen LogP contribution in [0.2, 0.25) is 5.02 Å². The highest BCUT2D eigenvalue weighted by molar-refractivity contribution is 6.30. The molecule has 2 aromatic carbocycles. The minimum Gasteiger partial charge on any atom is -0.372 e. The lowest BCUT2D eigenvalue weighted by Gasteiger charge is -2.25. The molecule has 1 saturated heterocycles. The van der Waals surface area contributed by atoms with Gasteiger partial charge < -0.3 is 20.7 Å². The van der Waals surface area contributed by atoms with Crippen molar-refractivity contribution in [2.45, 2.75) is 6.10 Å². The molecule has 1 aliphatic heterocycles. The minimum absolute atomic E-state index is 0. The van der Waals surface area contributed by atoms with Gasteiger partial charge in [-0.3, -0.25) is 9.59 Å². The molecule has 6 nitrogen and oxygen atoms in total. The van der Waals surface area contributed by atoms with Crippen LogP contribution in [-0.2, 0) is 9.53 Å². The fourth-order valence-corrected chi connectivity index (χ4v) is 3.30. The molecule has 2 aromatic rings. The zero-order chi connectivity index (χ0) is 20.6. The molecule has 30 heavy (non-hydrogen) atoms. The number of hydrogen-bond donors (Lipinski definition) is 3. The molecule has 0 spiro atoms. The molecule has 2 amide bonds. The van der Waals surface area contributed by atoms with Gasteiger partial charge in [0.15, 0.2) is 0 Å². The second-order valence-corrected chi connectivity index (χ2v) is 7.19. The first-order chi connectivity index (χ1) is 14.0. The average Bonchev–Trinajstić information content (AvgIpc) is 2.98. The van der Waals surface area contributed by atoms with Crippen LogP contribution in [0.25, 0.3) is 0 Å². The monoisotopic (exact) mass is 455 g/mol. The fourth-order valence-electron chi connectivity index (χ4n) is 3.19.